The third-order valence-corrected chi connectivity index (χ3v) is 5.43. The van der Waals surface area contributed by atoms with Crippen LogP contribution in [-0.2, 0) is 14.6 Å². The Kier molecular flexibility index (Phi) is 5.29. The Bertz CT molecular complexity index is 1040. The molecule has 5 nitrogen and oxygen atoms in total. The summed E-state index contributed by atoms with van der Waals surface area (Å²) in [6.45, 7) is 0. The number of thiazole rings is 1. The number of hydrogen-bond donors (Lipinski definition) is 1. The topological polar surface area (TPSA) is 76.1 Å². The quantitative estimate of drug-likeness (QED) is 0.678. The van der Waals surface area contributed by atoms with E-state index < -0.39 is 9.84 Å². The molecule has 26 heavy (non-hydrogen) atoms. The largest absolute Gasteiger partial charge is 0.298 e. The highest BCUT2D eigenvalue weighted by atomic mass is 32.2. The molecule has 0 atom stereocenters. The zero-order valence-electron chi connectivity index (χ0n) is 13.9. The van der Waals surface area contributed by atoms with Gasteiger partial charge < -0.3 is 0 Å². The monoisotopic (exact) mass is 384 g/mol. The van der Waals surface area contributed by atoms with Crippen molar-refractivity contribution in [2.45, 2.75) is 4.90 Å². The van der Waals surface area contributed by atoms with Gasteiger partial charge in [0, 0.05) is 23.3 Å². The van der Waals surface area contributed by atoms with E-state index in [1.807, 2.05) is 35.7 Å². The Morgan fingerprint density at radius 2 is 1.77 bits per heavy atom. The summed E-state index contributed by atoms with van der Waals surface area (Å²) in [4.78, 5) is 16.6. The van der Waals surface area contributed by atoms with Crippen molar-refractivity contribution in [3.05, 3.63) is 71.6 Å². The molecule has 7 heteroatoms. The van der Waals surface area contributed by atoms with Gasteiger partial charge in [0.2, 0.25) is 5.91 Å². The predicted molar refractivity (Wildman–Crippen MR) is 105 cm³/mol. The maximum atomic E-state index is 12.0. The number of hydrogen-bond acceptors (Lipinski definition) is 5. The highest BCUT2D eigenvalue weighted by Gasteiger charge is 2.09. The van der Waals surface area contributed by atoms with Crippen LogP contribution >= 0.6 is 11.3 Å². The predicted octanol–water partition coefficient (Wildman–Crippen LogP) is 3.87. The maximum Gasteiger partial charge on any atom is 0.250 e. The van der Waals surface area contributed by atoms with E-state index in [4.69, 9.17) is 0 Å². The van der Waals surface area contributed by atoms with Crippen molar-refractivity contribution in [2.75, 3.05) is 11.6 Å². The van der Waals surface area contributed by atoms with Gasteiger partial charge in [0.05, 0.1) is 10.6 Å². The molecule has 132 valence electrons. The molecule has 0 saturated carbocycles. The van der Waals surface area contributed by atoms with Crippen LogP contribution in [0.25, 0.3) is 17.3 Å². The Morgan fingerprint density at radius 3 is 2.42 bits per heavy atom. The molecule has 0 aliphatic heterocycles. The Labute approximate surface area is 156 Å². The van der Waals surface area contributed by atoms with Crippen LogP contribution in [0, 0.1) is 0 Å². The SMILES string of the molecule is CS(=O)(=O)c1ccc(-c2csc(NC(=O)/C=C/c3ccccc3)n2)cc1. The second kappa shape index (κ2) is 7.63. The van der Waals surface area contributed by atoms with Gasteiger partial charge >= 0.3 is 0 Å². The normalized spacial score (nSPS) is 11.6. The van der Waals surface area contributed by atoms with E-state index in [0.717, 1.165) is 11.1 Å². The number of carbonyl (C=O) groups is 1. The molecule has 1 amide bonds. The Hall–Kier alpha value is -2.77. The third-order valence-electron chi connectivity index (χ3n) is 3.54. The Balaban J connectivity index is 1.68. The van der Waals surface area contributed by atoms with Gasteiger partial charge in [0.25, 0.3) is 0 Å². The van der Waals surface area contributed by atoms with Gasteiger partial charge in [-0.1, -0.05) is 42.5 Å². The van der Waals surface area contributed by atoms with E-state index in [0.29, 0.717) is 10.8 Å². The van der Waals surface area contributed by atoms with Gasteiger partial charge in [-0.05, 0) is 23.8 Å². The molecule has 1 N–H and O–H groups in total. The lowest BCUT2D eigenvalue weighted by Crippen LogP contribution is -2.07. The third kappa shape index (κ3) is 4.65. The number of amides is 1. The van der Waals surface area contributed by atoms with Crippen molar-refractivity contribution in [1.82, 2.24) is 4.98 Å². The second-order valence-electron chi connectivity index (χ2n) is 5.57. The van der Waals surface area contributed by atoms with Crippen molar-refractivity contribution in [3.8, 4) is 11.3 Å². The number of nitrogens with zero attached hydrogens (tertiary/aromatic N) is 1. The summed E-state index contributed by atoms with van der Waals surface area (Å²) in [6.07, 6.45) is 4.35. The summed E-state index contributed by atoms with van der Waals surface area (Å²) >= 11 is 1.31. The molecule has 0 bridgehead atoms. The minimum Gasteiger partial charge on any atom is -0.298 e. The average molecular weight is 384 g/mol. The first-order valence-corrected chi connectivity index (χ1v) is 10.5. The molecule has 1 heterocycles. The fourth-order valence-corrected chi connectivity index (χ4v) is 3.57. The zero-order valence-corrected chi connectivity index (χ0v) is 15.5. The van der Waals surface area contributed by atoms with Crippen molar-refractivity contribution in [2.24, 2.45) is 0 Å². The van der Waals surface area contributed by atoms with Crippen LogP contribution in [0.3, 0.4) is 0 Å². The molecular weight excluding hydrogens is 368 g/mol. The van der Waals surface area contributed by atoms with Crippen LogP contribution in [-0.4, -0.2) is 25.6 Å². The summed E-state index contributed by atoms with van der Waals surface area (Å²) < 4.78 is 23.0. The molecule has 0 spiro atoms. The molecule has 3 rings (SSSR count). The number of nitrogens with one attached hydrogen (secondary N) is 1. The van der Waals surface area contributed by atoms with Gasteiger partial charge in [-0.2, -0.15) is 0 Å². The van der Waals surface area contributed by atoms with Crippen LogP contribution in [0.5, 0.6) is 0 Å². The molecule has 0 unspecified atom stereocenters. The van der Waals surface area contributed by atoms with Gasteiger partial charge in [-0.15, -0.1) is 11.3 Å². The minimum atomic E-state index is -3.22. The lowest BCUT2D eigenvalue weighted by Gasteiger charge is -2.00. The lowest BCUT2D eigenvalue weighted by molar-refractivity contribution is -0.111. The van der Waals surface area contributed by atoms with Crippen LogP contribution in [0.15, 0.2) is 70.9 Å². The van der Waals surface area contributed by atoms with Gasteiger partial charge in [0.1, 0.15) is 0 Å². The summed E-state index contributed by atoms with van der Waals surface area (Å²) in [5.74, 6) is -0.262. The number of sulfone groups is 1. The van der Waals surface area contributed by atoms with Crippen LogP contribution < -0.4 is 5.32 Å². The van der Waals surface area contributed by atoms with E-state index in [9.17, 15) is 13.2 Å². The molecule has 0 saturated heterocycles. The highest BCUT2D eigenvalue weighted by molar-refractivity contribution is 7.90. The van der Waals surface area contributed by atoms with E-state index in [1.54, 1.807) is 30.3 Å². The fraction of sp³-hybridized carbons (Fsp3) is 0.0526. The van der Waals surface area contributed by atoms with Crippen molar-refractivity contribution in [3.63, 3.8) is 0 Å². The maximum absolute atomic E-state index is 12.0. The summed E-state index contributed by atoms with van der Waals surface area (Å²) in [5.41, 5.74) is 2.40. The van der Waals surface area contributed by atoms with Crippen molar-refractivity contribution in [1.29, 1.82) is 0 Å². The zero-order chi connectivity index (χ0) is 18.6. The van der Waals surface area contributed by atoms with Gasteiger partial charge in [-0.3, -0.25) is 10.1 Å². The van der Waals surface area contributed by atoms with Crippen LogP contribution in [0.2, 0.25) is 0 Å². The molecule has 0 aliphatic rings. The molecule has 2 aromatic carbocycles. The molecular formula is C19H16N2O3S2. The number of rotatable bonds is 5. The lowest BCUT2D eigenvalue weighted by atomic mass is 10.2. The van der Waals surface area contributed by atoms with E-state index in [2.05, 4.69) is 10.3 Å². The number of aromatic nitrogens is 1. The smallest absolute Gasteiger partial charge is 0.250 e. The summed E-state index contributed by atoms with van der Waals surface area (Å²) in [5, 5.41) is 5.02. The number of benzene rings is 2. The molecule has 0 fully saturated rings. The molecule has 1 aromatic heterocycles. The van der Waals surface area contributed by atoms with E-state index in [1.165, 1.54) is 23.7 Å². The first kappa shape index (κ1) is 18.0. The van der Waals surface area contributed by atoms with Gasteiger partial charge in [0.15, 0.2) is 15.0 Å². The standard InChI is InChI=1S/C19H16N2O3S2/c1-26(23,24)16-10-8-15(9-11-16)17-13-25-19(20-17)21-18(22)12-7-14-5-3-2-4-6-14/h2-13H,1H3,(H,20,21,22)/b12-7+. The number of carbonyl (C=O) groups excluding carboxylic acids is 1. The molecule has 0 aliphatic carbocycles. The van der Waals surface area contributed by atoms with Gasteiger partial charge in [-0.25, -0.2) is 13.4 Å². The average Bonchev–Trinajstić information content (AvgIpc) is 3.09. The first-order valence-electron chi connectivity index (χ1n) is 7.72. The molecule has 3 aromatic rings. The Morgan fingerprint density at radius 1 is 1.08 bits per heavy atom. The van der Waals surface area contributed by atoms with E-state index in [-0.39, 0.29) is 10.8 Å². The second-order valence-corrected chi connectivity index (χ2v) is 8.44. The molecule has 0 radical (unpaired) electrons. The highest BCUT2D eigenvalue weighted by Crippen LogP contribution is 2.26. The summed E-state index contributed by atoms with van der Waals surface area (Å²) in [6, 6.07) is 16.0. The minimum absolute atomic E-state index is 0.260. The van der Waals surface area contributed by atoms with E-state index >= 15 is 0 Å². The van der Waals surface area contributed by atoms with Crippen molar-refractivity contribution < 1.29 is 13.2 Å². The number of anilines is 1. The summed E-state index contributed by atoms with van der Waals surface area (Å²) in [7, 11) is -3.22. The van der Waals surface area contributed by atoms with Crippen LogP contribution in [0.4, 0.5) is 5.13 Å². The van der Waals surface area contributed by atoms with Crippen molar-refractivity contribution >= 4 is 38.3 Å². The first-order chi connectivity index (χ1) is 12.4. The van der Waals surface area contributed by atoms with Crippen LogP contribution in [0.1, 0.15) is 5.56 Å². The fourth-order valence-electron chi connectivity index (χ4n) is 2.22.